The van der Waals surface area contributed by atoms with Gasteiger partial charge in [0, 0.05) is 30.3 Å². The summed E-state index contributed by atoms with van der Waals surface area (Å²) in [6, 6.07) is 4.93. The van der Waals surface area contributed by atoms with Crippen molar-refractivity contribution in [2.45, 2.75) is 51.6 Å². The highest BCUT2D eigenvalue weighted by Gasteiger charge is 2.52. The van der Waals surface area contributed by atoms with Gasteiger partial charge >= 0.3 is 0 Å². The van der Waals surface area contributed by atoms with Crippen LogP contribution in [0.3, 0.4) is 0 Å². The van der Waals surface area contributed by atoms with Crippen LogP contribution in [-0.2, 0) is 6.54 Å². The number of amides is 1. The Hall–Kier alpha value is -1.46. The van der Waals surface area contributed by atoms with Crippen molar-refractivity contribution in [1.29, 1.82) is 0 Å². The summed E-state index contributed by atoms with van der Waals surface area (Å²) in [6.45, 7) is 3.86. The maximum atomic E-state index is 14.2. The van der Waals surface area contributed by atoms with Gasteiger partial charge in [-0.25, -0.2) is 9.87 Å². The van der Waals surface area contributed by atoms with Crippen molar-refractivity contribution in [3.63, 3.8) is 0 Å². The number of hydrogen-bond acceptors (Lipinski definition) is 3. The van der Waals surface area contributed by atoms with Crippen LogP contribution in [0.4, 0.5) is 4.39 Å². The average Bonchev–Trinajstić information content (AvgIpc) is 2.99. The summed E-state index contributed by atoms with van der Waals surface area (Å²) in [5.41, 5.74) is 2.74. The van der Waals surface area contributed by atoms with Crippen LogP contribution < -0.4 is 5.48 Å². The number of nitrogens with one attached hydrogen (secondary N) is 1. The van der Waals surface area contributed by atoms with E-state index in [0.29, 0.717) is 23.6 Å². The molecule has 22 heavy (non-hydrogen) atoms. The smallest absolute Gasteiger partial charge is 0.274 e. The van der Waals surface area contributed by atoms with E-state index in [1.54, 1.807) is 12.1 Å². The molecule has 1 saturated heterocycles. The van der Waals surface area contributed by atoms with Crippen LogP contribution in [0, 0.1) is 11.2 Å². The lowest BCUT2D eigenvalue weighted by atomic mass is 9.69. The van der Waals surface area contributed by atoms with E-state index in [9.17, 15) is 9.18 Å². The highest BCUT2D eigenvalue weighted by molar-refractivity contribution is 5.93. The fraction of sp³-hybridized carbons (Fsp3) is 0.588. The molecule has 3 rings (SSSR count). The molecule has 1 amide bonds. The first kappa shape index (κ1) is 15.4. The topological polar surface area (TPSA) is 52.6 Å². The van der Waals surface area contributed by atoms with Crippen LogP contribution in [0.5, 0.6) is 0 Å². The zero-order chi connectivity index (χ0) is 15.7. The number of halogens is 1. The molecule has 1 atom stereocenters. The Morgan fingerprint density at radius 3 is 2.77 bits per heavy atom. The third kappa shape index (κ3) is 2.52. The number of likely N-dealkylation sites (tertiary alicyclic amines) is 1. The molecular weight excluding hydrogens is 283 g/mol. The van der Waals surface area contributed by atoms with E-state index in [0.717, 1.165) is 13.0 Å². The van der Waals surface area contributed by atoms with Crippen LogP contribution in [0.15, 0.2) is 18.2 Å². The summed E-state index contributed by atoms with van der Waals surface area (Å²) in [5.74, 6) is -1.07. The highest BCUT2D eigenvalue weighted by Crippen LogP contribution is 2.52. The Morgan fingerprint density at radius 1 is 1.45 bits per heavy atom. The summed E-state index contributed by atoms with van der Waals surface area (Å²) >= 11 is 0. The molecule has 120 valence electrons. The van der Waals surface area contributed by atoms with Gasteiger partial charge < -0.3 is 0 Å². The third-order valence-corrected chi connectivity index (χ3v) is 5.44. The number of carbonyl (C=O) groups excluding carboxylic acids is 1. The summed E-state index contributed by atoms with van der Waals surface area (Å²) in [5, 5.41) is 8.60. The van der Waals surface area contributed by atoms with Crippen molar-refractivity contribution in [3.8, 4) is 0 Å². The van der Waals surface area contributed by atoms with Crippen molar-refractivity contribution >= 4 is 5.91 Å². The molecule has 1 saturated carbocycles. The van der Waals surface area contributed by atoms with E-state index < -0.39 is 5.91 Å². The molecule has 1 aliphatic carbocycles. The number of nitrogens with zero attached hydrogens (tertiary/aromatic N) is 1. The van der Waals surface area contributed by atoms with E-state index in [1.807, 2.05) is 0 Å². The first-order valence-corrected chi connectivity index (χ1v) is 8.06. The standard InChI is InChI=1S/C17H23FN2O2/c1-2-15-17(7-3-4-8-17)11-20(15)10-13-6-5-12(9-14(13)18)16(21)19-22/h5-6,9,15,22H,2-4,7-8,10-11H2,1H3,(H,19,21)/t15-/m1/s1. The van der Waals surface area contributed by atoms with Crippen LogP contribution in [0.1, 0.15) is 54.9 Å². The predicted octanol–water partition coefficient (Wildman–Crippen LogP) is 3.10. The average molecular weight is 306 g/mol. The molecule has 1 spiro atoms. The van der Waals surface area contributed by atoms with Crippen molar-refractivity contribution in [2.24, 2.45) is 5.41 Å². The van der Waals surface area contributed by atoms with Crippen LogP contribution >= 0.6 is 0 Å². The lowest BCUT2D eigenvalue weighted by Gasteiger charge is -2.56. The molecule has 2 fully saturated rings. The molecule has 5 heteroatoms. The van der Waals surface area contributed by atoms with E-state index >= 15 is 0 Å². The molecule has 1 aromatic rings. The lowest BCUT2D eigenvalue weighted by Crippen LogP contribution is -2.62. The largest absolute Gasteiger partial charge is 0.295 e. The second-order valence-electron chi connectivity index (χ2n) is 6.65. The Kier molecular flexibility index (Phi) is 4.19. The molecule has 0 bridgehead atoms. The molecule has 2 aliphatic rings. The molecule has 1 aliphatic heterocycles. The molecule has 0 unspecified atom stereocenters. The van der Waals surface area contributed by atoms with Gasteiger partial charge in [-0.1, -0.05) is 25.8 Å². The molecule has 0 radical (unpaired) electrons. The molecule has 2 N–H and O–H groups in total. The van der Waals surface area contributed by atoms with Gasteiger partial charge in [0.05, 0.1) is 0 Å². The van der Waals surface area contributed by atoms with Gasteiger partial charge in [0.2, 0.25) is 0 Å². The van der Waals surface area contributed by atoms with Crippen LogP contribution in [0.25, 0.3) is 0 Å². The summed E-state index contributed by atoms with van der Waals surface area (Å²) in [4.78, 5) is 13.7. The lowest BCUT2D eigenvalue weighted by molar-refractivity contribution is -0.0788. The fourth-order valence-electron chi connectivity index (χ4n) is 4.42. The number of benzene rings is 1. The zero-order valence-electron chi connectivity index (χ0n) is 12.9. The third-order valence-electron chi connectivity index (χ3n) is 5.44. The van der Waals surface area contributed by atoms with Gasteiger partial charge in [-0.2, -0.15) is 0 Å². The highest BCUT2D eigenvalue weighted by atomic mass is 19.1. The van der Waals surface area contributed by atoms with Crippen LogP contribution in [-0.4, -0.2) is 28.6 Å². The Bertz CT molecular complexity index is 570. The zero-order valence-corrected chi connectivity index (χ0v) is 12.9. The van der Waals surface area contributed by atoms with E-state index in [-0.39, 0.29) is 11.4 Å². The first-order valence-electron chi connectivity index (χ1n) is 8.06. The van der Waals surface area contributed by atoms with Gasteiger partial charge in [-0.3, -0.25) is 14.9 Å². The summed E-state index contributed by atoms with van der Waals surface area (Å²) < 4.78 is 14.2. The molecule has 4 nitrogen and oxygen atoms in total. The van der Waals surface area contributed by atoms with Crippen molar-refractivity contribution in [1.82, 2.24) is 10.4 Å². The number of carbonyl (C=O) groups is 1. The molecule has 1 aromatic carbocycles. The van der Waals surface area contributed by atoms with Gasteiger partial charge in [0.25, 0.3) is 5.91 Å². The van der Waals surface area contributed by atoms with Crippen molar-refractivity contribution in [2.75, 3.05) is 6.54 Å². The fourth-order valence-corrected chi connectivity index (χ4v) is 4.42. The van der Waals surface area contributed by atoms with Crippen LogP contribution in [0.2, 0.25) is 0 Å². The van der Waals surface area contributed by atoms with Crippen molar-refractivity contribution in [3.05, 3.63) is 35.1 Å². The SMILES string of the molecule is CC[C@H]1N(Cc2ccc(C(=O)NO)cc2F)CC12CCCC2. The summed E-state index contributed by atoms with van der Waals surface area (Å²) in [7, 11) is 0. The van der Waals surface area contributed by atoms with Gasteiger partial charge in [0.15, 0.2) is 0 Å². The van der Waals surface area contributed by atoms with Crippen molar-refractivity contribution < 1.29 is 14.4 Å². The van der Waals surface area contributed by atoms with E-state index in [4.69, 9.17) is 5.21 Å². The Labute approximate surface area is 130 Å². The molecule has 0 aromatic heterocycles. The maximum Gasteiger partial charge on any atom is 0.274 e. The number of hydroxylamine groups is 1. The van der Waals surface area contributed by atoms with Gasteiger partial charge in [-0.05, 0) is 36.8 Å². The second-order valence-corrected chi connectivity index (χ2v) is 6.65. The Morgan fingerprint density at radius 2 is 2.18 bits per heavy atom. The van der Waals surface area contributed by atoms with E-state index in [2.05, 4.69) is 11.8 Å². The first-order chi connectivity index (χ1) is 10.6. The predicted molar refractivity (Wildman–Crippen MR) is 81.0 cm³/mol. The minimum atomic E-state index is -0.689. The molecular formula is C17H23FN2O2. The minimum absolute atomic E-state index is 0.131. The molecule has 1 heterocycles. The number of rotatable bonds is 4. The Balaban J connectivity index is 1.70. The quantitative estimate of drug-likeness (QED) is 0.664. The summed E-state index contributed by atoms with van der Waals surface area (Å²) in [6.07, 6.45) is 6.36. The normalized spacial score (nSPS) is 23.5. The van der Waals surface area contributed by atoms with E-state index in [1.165, 1.54) is 37.2 Å². The second kappa shape index (κ2) is 5.97. The maximum absolute atomic E-state index is 14.2. The van der Waals surface area contributed by atoms with Gasteiger partial charge in [-0.15, -0.1) is 0 Å². The number of hydrogen-bond donors (Lipinski definition) is 2. The minimum Gasteiger partial charge on any atom is -0.295 e. The monoisotopic (exact) mass is 306 g/mol. The van der Waals surface area contributed by atoms with Gasteiger partial charge in [0.1, 0.15) is 5.82 Å².